The van der Waals surface area contributed by atoms with Crippen molar-refractivity contribution in [3.8, 4) is 5.75 Å². The summed E-state index contributed by atoms with van der Waals surface area (Å²) in [6, 6.07) is 13.9. The largest absolute Gasteiger partial charge is 0.505 e. The summed E-state index contributed by atoms with van der Waals surface area (Å²) in [6.45, 7) is 6.08. The van der Waals surface area contributed by atoms with Gasteiger partial charge >= 0.3 is 0 Å². The Kier molecular flexibility index (Phi) is 8.33. The van der Waals surface area contributed by atoms with E-state index in [-0.39, 0.29) is 22.3 Å². The molecule has 1 aromatic heterocycles. The van der Waals surface area contributed by atoms with Gasteiger partial charge < -0.3 is 10.4 Å². The highest BCUT2D eigenvalue weighted by Crippen LogP contribution is 2.43. The molecule has 0 aliphatic heterocycles. The van der Waals surface area contributed by atoms with Gasteiger partial charge in [-0.1, -0.05) is 44.4 Å². The molecule has 7 nitrogen and oxygen atoms in total. The molecule has 36 heavy (non-hydrogen) atoms. The predicted octanol–water partition coefficient (Wildman–Crippen LogP) is 8.94. The third kappa shape index (κ3) is 6.28. The first kappa shape index (κ1) is 25.8. The summed E-state index contributed by atoms with van der Waals surface area (Å²) < 4.78 is 0. The molecule has 0 spiro atoms. The number of azo groups is 1. The predicted molar refractivity (Wildman–Crippen MR) is 147 cm³/mol. The van der Waals surface area contributed by atoms with Gasteiger partial charge in [0.2, 0.25) is 16.5 Å². The van der Waals surface area contributed by atoms with E-state index in [1.54, 1.807) is 0 Å². The van der Waals surface area contributed by atoms with Crippen molar-refractivity contribution in [2.75, 3.05) is 5.32 Å². The Labute approximate surface area is 220 Å². The Morgan fingerprint density at radius 2 is 1.61 bits per heavy atom. The Morgan fingerprint density at radius 1 is 0.889 bits per heavy atom. The number of nitrogens with zero attached hydrogens (tertiary/aromatic N) is 5. The lowest BCUT2D eigenvalue weighted by Gasteiger charge is -2.14. The van der Waals surface area contributed by atoms with Crippen LogP contribution in [0, 0.1) is 13.8 Å². The Hall–Kier alpha value is -3.29. The molecule has 0 fully saturated rings. The van der Waals surface area contributed by atoms with Gasteiger partial charge in [0.05, 0.1) is 11.4 Å². The molecule has 2 N–H and O–H groups in total. The summed E-state index contributed by atoms with van der Waals surface area (Å²) in [5, 5.41) is 24.5. The summed E-state index contributed by atoms with van der Waals surface area (Å²) >= 11 is 11.9. The van der Waals surface area contributed by atoms with Gasteiger partial charge in [-0.05, 0) is 96.2 Å². The van der Waals surface area contributed by atoms with Gasteiger partial charge in [0.15, 0.2) is 5.75 Å². The summed E-state index contributed by atoms with van der Waals surface area (Å²) in [7, 11) is 0. The van der Waals surface area contributed by atoms with E-state index in [0.717, 1.165) is 28.6 Å². The van der Waals surface area contributed by atoms with Gasteiger partial charge in [0, 0.05) is 5.39 Å². The number of rotatable bonds is 9. The molecule has 186 valence electrons. The van der Waals surface area contributed by atoms with Crippen LogP contribution in [0.1, 0.15) is 49.3 Å². The average molecular weight is 523 g/mol. The first-order valence-electron chi connectivity index (χ1n) is 12.0. The van der Waals surface area contributed by atoms with Crippen molar-refractivity contribution < 1.29 is 5.11 Å². The van der Waals surface area contributed by atoms with Gasteiger partial charge in [0.25, 0.3) is 0 Å². The average Bonchev–Trinajstić information content (AvgIpc) is 2.81. The zero-order valence-electron chi connectivity index (χ0n) is 20.5. The first-order valence-corrected chi connectivity index (χ1v) is 12.7. The van der Waals surface area contributed by atoms with Gasteiger partial charge in [-0.2, -0.15) is 20.1 Å². The second-order valence-corrected chi connectivity index (χ2v) is 9.48. The minimum atomic E-state index is -0.0315. The second kappa shape index (κ2) is 11.6. The fourth-order valence-corrected chi connectivity index (χ4v) is 4.48. The van der Waals surface area contributed by atoms with Crippen LogP contribution in [-0.4, -0.2) is 20.1 Å². The molecule has 0 atom stereocenters. The zero-order chi connectivity index (χ0) is 25.7. The summed E-state index contributed by atoms with van der Waals surface area (Å²) in [5.74, 6) is 0.180. The van der Waals surface area contributed by atoms with Crippen molar-refractivity contribution in [2.45, 2.75) is 52.9 Å². The number of anilines is 2. The number of phenolic OH excluding ortho intramolecular Hbond substituents is 1. The molecule has 3 aromatic carbocycles. The molecular weight excluding hydrogens is 495 g/mol. The summed E-state index contributed by atoms with van der Waals surface area (Å²) in [5.41, 5.74) is 4.79. The van der Waals surface area contributed by atoms with Crippen LogP contribution in [0.5, 0.6) is 5.75 Å². The normalized spacial score (nSPS) is 11.5. The van der Waals surface area contributed by atoms with Gasteiger partial charge in [0.1, 0.15) is 5.69 Å². The minimum Gasteiger partial charge on any atom is -0.505 e. The maximum atomic E-state index is 11.3. The number of unbranched alkanes of at least 4 members (excludes halogenated alkanes) is 3. The molecule has 0 aliphatic rings. The molecule has 0 aliphatic carbocycles. The van der Waals surface area contributed by atoms with Crippen LogP contribution in [0.4, 0.5) is 23.0 Å². The van der Waals surface area contributed by atoms with Crippen LogP contribution in [0.2, 0.25) is 10.6 Å². The highest BCUT2D eigenvalue weighted by molar-refractivity contribution is 6.31. The molecule has 0 saturated carbocycles. The molecule has 4 rings (SSSR count). The fraction of sp³-hybridized carbons (Fsp3) is 0.296. The number of hydrogen-bond donors (Lipinski definition) is 2. The highest BCUT2D eigenvalue weighted by Gasteiger charge is 2.16. The summed E-state index contributed by atoms with van der Waals surface area (Å²) in [4.78, 5) is 11.9. The van der Waals surface area contributed by atoms with Gasteiger partial charge in [-0.15, -0.1) is 5.11 Å². The summed E-state index contributed by atoms with van der Waals surface area (Å²) in [6.07, 6.45) is 6.02. The lowest BCUT2D eigenvalue weighted by molar-refractivity contribution is 0.482. The van der Waals surface area contributed by atoms with Crippen molar-refractivity contribution in [2.24, 2.45) is 10.2 Å². The second-order valence-electron chi connectivity index (χ2n) is 8.80. The number of aromatic nitrogens is 3. The van der Waals surface area contributed by atoms with E-state index in [4.69, 9.17) is 23.2 Å². The number of fused-ring (bicyclic) bond motifs is 1. The monoisotopic (exact) mass is 522 g/mol. The van der Waals surface area contributed by atoms with Crippen LogP contribution in [0.3, 0.4) is 0 Å². The molecule has 1 heterocycles. The number of aromatic hydroxyl groups is 1. The molecule has 4 aromatic rings. The van der Waals surface area contributed by atoms with E-state index in [2.05, 4.69) is 49.6 Å². The molecule has 0 radical (unpaired) electrons. The third-order valence-corrected chi connectivity index (χ3v) is 6.21. The maximum absolute atomic E-state index is 11.3. The molecule has 0 saturated heterocycles. The van der Waals surface area contributed by atoms with E-state index < -0.39 is 0 Å². The lowest BCUT2D eigenvalue weighted by atomic mass is 10.0. The lowest BCUT2D eigenvalue weighted by Crippen LogP contribution is -2.00. The SMILES string of the molecule is CCCCCCc1ccc(N=Nc2c(C)cc3cc(C)cc(Nc4nc(Cl)nc(Cl)n4)c3c2O)cc1. The number of nitrogens with one attached hydrogen (secondary N) is 1. The van der Waals surface area contributed by atoms with E-state index in [0.29, 0.717) is 16.8 Å². The zero-order valence-corrected chi connectivity index (χ0v) is 22.0. The maximum Gasteiger partial charge on any atom is 0.232 e. The van der Waals surface area contributed by atoms with Gasteiger partial charge in [-0.3, -0.25) is 0 Å². The number of phenols is 1. The van der Waals surface area contributed by atoms with Crippen LogP contribution in [0.25, 0.3) is 10.8 Å². The van der Waals surface area contributed by atoms with Crippen molar-refractivity contribution in [1.82, 2.24) is 15.0 Å². The van der Waals surface area contributed by atoms with Crippen LogP contribution in [-0.2, 0) is 6.42 Å². The standard InChI is InChI=1S/C27H28Cl2N6O/c1-4-5-6-7-8-18-9-11-20(12-10-18)34-35-23-17(3)15-19-13-16(2)14-21(22(19)24(23)36)30-27-32-25(28)31-26(29)33-27/h9-15,36H,4-8H2,1-3H3,(H,30,31,32,33). The van der Waals surface area contributed by atoms with Gasteiger partial charge in [-0.25, -0.2) is 0 Å². The Balaban J connectivity index is 1.64. The Morgan fingerprint density at radius 3 is 2.31 bits per heavy atom. The molecule has 0 bridgehead atoms. The van der Waals surface area contributed by atoms with Crippen molar-refractivity contribution in [3.05, 3.63) is 69.7 Å². The van der Waals surface area contributed by atoms with E-state index in [1.807, 2.05) is 44.2 Å². The van der Waals surface area contributed by atoms with E-state index >= 15 is 0 Å². The highest BCUT2D eigenvalue weighted by atomic mass is 35.5. The third-order valence-electron chi connectivity index (χ3n) is 5.87. The van der Waals surface area contributed by atoms with Crippen molar-refractivity contribution in [1.29, 1.82) is 0 Å². The smallest absolute Gasteiger partial charge is 0.232 e. The molecular formula is C27H28Cl2N6O. The fourth-order valence-electron chi connectivity index (χ4n) is 4.12. The molecule has 9 heteroatoms. The number of benzene rings is 3. The Bertz CT molecular complexity index is 1390. The van der Waals surface area contributed by atoms with E-state index in [1.165, 1.54) is 31.2 Å². The van der Waals surface area contributed by atoms with Crippen molar-refractivity contribution >= 4 is 57.0 Å². The topological polar surface area (TPSA) is 95.7 Å². The number of hydrogen-bond acceptors (Lipinski definition) is 7. The first-order chi connectivity index (χ1) is 17.3. The molecule has 0 amide bonds. The quantitative estimate of drug-likeness (QED) is 0.169. The number of halogens is 2. The minimum absolute atomic E-state index is 0.00930. The van der Waals surface area contributed by atoms with Crippen molar-refractivity contribution in [3.63, 3.8) is 0 Å². The van der Waals surface area contributed by atoms with Crippen LogP contribution >= 0.6 is 23.2 Å². The number of aryl methyl sites for hydroxylation is 3. The van der Waals surface area contributed by atoms with Crippen LogP contribution in [0.15, 0.2) is 52.7 Å². The molecule has 0 unspecified atom stereocenters. The van der Waals surface area contributed by atoms with Crippen LogP contribution < -0.4 is 5.32 Å². The van der Waals surface area contributed by atoms with E-state index in [9.17, 15) is 5.11 Å².